The molecule has 3 aliphatic heterocycles. The van der Waals surface area contributed by atoms with Crippen molar-refractivity contribution in [3.8, 4) is 0 Å². The smallest absolute Gasteiger partial charge is 0.249 e. The summed E-state index contributed by atoms with van der Waals surface area (Å²) < 4.78 is 0. The molecule has 0 aromatic heterocycles. The normalized spacial score (nSPS) is 25.7. The second-order valence-electron chi connectivity index (χ2n) is 7.99. The Hall–Kier alpha value is -4.07. The molecule has 160 valence electrons. The van der Waals surface area contributed by atoms with Crippen molar-refractivity contribution in [1.82, 2.24) is 5.01 Å². The van der Waals surface area contributed by atoms with Gasteiger partial charge in [-0.25, -0.2) is 4.90 Å². The Balaban J connectivity index is 1.50. The Morgan fingerprint density at radius 3 is 2.31 bits per heavy atom. The molecule has 5 rings (SSSR count). The van der Waals surface area contributed by atoms with E-state index in [9.17, 15) is 19.2 Å². The van der Waals surface area contributed by atoms with Gasteiger partial charge in [-0.1, -0.05) is 24.3 Å². The first kappa shape index (κ1) is 19.9. The van der Waals surface area contributed by atoms with Crippen molar-refractivity contribution in [1.29, 1.82) is 0 Å². The monoisotopic (exact) mass is 428 g/mol. The number of para-hydroxylation sites is 1. The summed E-state index contributed by atoms with van der Waals surface area (Å²) in [7, 11) is 0. The first-order valence-electron chi connectivity index (χ1n) is 10.3. The van der Waals surface area contributed by atoms with Gasteiger partial charge < -0.3 is 5.32 Å². The molecule has 0 bridgehead atoms. The molecule has 3 amide bonds. The number of nitrogens with one attached hydrogen (secondary N) is 1. The Labute approximate surface area is 184 Å². The molecule has 3 heterocycles. The molecule has 1 N–H and O–H groups in total. The maximum atomic E-state index is 13.5. The van der Waals surface area contributed by atoms with Gasteiger partial charge in [0.25, 0.3) is 0 Å². The minimum Gasteiger partial charge on any atom is -0.324 e. The zero-order valence-corrected chi connectivity index (χ0v) is 17.2. The van der Waals surface area contributed by atoms with Crippen molar-refractivity contribution < 1.29 is 19.2 Å². The van der Waals surface area contributed by atoms with Crippen LogP contribution in [-0.4, -0.2) is 46.8 Å². The van der Waals surface area contributed by atoms with Gasteiger partial charge in [0, 0.05) is 17.5 Å². The number of anilines is 2. The predicted molar refractivity (Wildman–Crippen MR) is 118 cm³/mol. The van der Waals surface area contributed by atoms with Gasteiger partial charge in [0.05, 0.1) is 23.6 Å². The fourth-order valence-electron chi connectivity index (χ4n) is 4.67. The zero-order valence-electron chi connectivity index (χ0n) is 17.2. The molecule has 0 radical (unpaired) electrons. The molecule has 2 aromatic rings. The summed E-state index contributed by atoms with van der Waals surface area (Å²) in [5.41, 5.74) is 1.47. The number of hydrogen-bond donors (Lipinski definition) is 1. The van der Waals surface area contributed by atoms with E-state index in [1.165, 1.54) is 6.92 Å². The topological polar surface area (TPSA) is 99.2 Å². The lowest BCUT2D eigenvalue weighted by molar-refractivity contribution is -0.129. The summed E-state index contributed by atoms with van der Waals surface area (Å²) in [4.78, 5) is 52.8. The number of nitrogens with zero attached hydrogens (tertiary/aromatic N) is 3. The summed E-state index contributed by atoms with van der Waals surface area (Å²) >= 11 is 0. The molecule has 2 saturated heterocycles. The van der Waals surface area contributed by atoms with Gasteiger partial charge in [-0.3, -0.25) is 24.2 Å². The molecule has 4 atom stereocenters. The Morgan fingerprint density at radius 1 is 0.938 bits per heavy atom. The number of carbonyl (C=O) groups excluding carboxylic acids is 4. The van der Waals surface area contributed by atoms with Gasteiger partial charge in [0.15, 0.2) is 5.78 Å². The number of rotatable bonds is 4. The second kappa shape index (κ2) is 7.56. The standard InChI is InChI=1S/C24H20N4O4/c1-14(29)15-9-11-17(12-10-15)27-23(31)19-18-8-5-13-25-28(18)21(20(19)24(27)32)22(30)26-16-6-3-2-4-7-16/h2-13,18-21H,1H3,(H,26,30)/t18-,19-,20-,21+/m1/s1. The van der Waals surface area contributed by atoms with Crippen LogP contribution in [0.2, 0.25) is 0 Å². The third kappa shape index (κ3) is 3.03. The first-order chi connectivity index (χ1) is 15.5. The van der Waals surface area contributed by atoms with Crippen LogP contribution in [0.5, 0.6) is 0 Å². The van der Waals surface area contributed by atoms with Crippen LogP contribution in [-0.2, 0) is 14.4 Å². The molecular formula is C24H20N4O4. The third-order valence-corrected chi connectivity index (χ3v) is 6.13. The Bertz CT molecular complexity index is 1170. The summed E-state index contributed by atoms with van der Waals surface area (Å²) in [6.07, 6.45) is 5.07. The number of ketones is 1. The van der Waals surface area contributed by atoms with Gasteiger partial charge in [-0.15, -0.1) is 0 Å². The number of allylic oxidation sites excluding steroid dienone is 1. The fraction of sp³-hybridized carbons (Fsp3) is 0.208. The number of fused-ring (bicyclic) bond motifs is 3. The van der Waals surface area contributed by atoms with Gasteiger partial charge in [0.2, 0.25) is 17.7 Å². The highest BCUT2D eigenvalue weighted by molar-refractivity contribution is 6.24. The van der Waals surface area contributed by atoms with E-state index in [1.54, 1.807) is 71.9 Å². The lowest BCUT2D eigenvalue weighted by Gasteiger charge is -2.30. The van der Waals surface area contributed by atoms with Crippen LogP contribution in [0.4, 0.5) is 11.4 Å². The molecule has 0 aliphatic carbocycles. The maximum Gasteiger partial charge on any atom is 0.249 e. The molecule has 2 aromatic carbocycles. The highest BCUT2D eigenvalue weighted by Gasteiger charge is 2.64. The lowest BCUT2D eigenvalue weighted by atomic mass is 9.88. The van der Waals surface area contributed by atoms with E-state index in [4.69, 9.17) is 0 Å². The first-order valence-corrected chi connectivity index (χ1v) is 10.3. The Kier molecular flexibility index (Phi) is 4.70. The average Bonchev–Trinajstić information content (AvgIpc) is 3.27. The minimum absolute atomic E-state index is 0.106. The van der Waals surface area contributed by atoms with E-state index < -0.39 is 35.7 Å². The summed E-state index contributed by atoms with van der Waals surface area (Å²) in [6.45, 7) is 1.45. The van der Waals surface area contributed by atoms with Crippen LogP contribution in [0.1, 0.15) is 17.3 Å². The molecule has 8 heteroatoms. The van der Waals surface area contributed by atoms with Crippen molar-refractivity contribution in [2.75, 3.05) is 10.2 Å². The zero-order chi connectivity index (χ0) is 22.4. The van der Waals surface area contributed by atoms with Crippen LogP contribution in [0.15, 0.2) is 71.9 Å². The number of hydrazone groups is 1. The molecule has 2 fully saturated rings. The number of carbonyl (C=O) groups is 4. The minimum atomic E-state index is -0.927. The molecular weight excluding hydrogens is 408 g/mol. The van der Waals surface area contributed by atoms with E-state index in [0.717, 1.165) is 4.90 Å². The van der Waals surface area contributed by atoms with Gasteiger partial charge in [-0.2, -0.15) is 5.10 Å². The second-order valence-corrected chi connectivity index (χ2v) is 7.99. The third-order valence-electron chi connectivity index (χ3n) is 6.13. The van der Waals surface area contributed by atoms with E-state index in [1.807, 2.05) is 6.07 Å². The Morgan fingerprint density at radius 2 is 1.62 bits per heavy atom. The van der Waals surface area contributed by atoms with E-state index in [-0.39, 0.29) is 11.7 Å². The quantitative estimate of drug-likeness (QED) is 0.595. The summed E-state index contributed by atoms with van der Waals surface area (Å²) in [5.74, 6) is -2.91. The van der Waals surface area contributed by atoms with Gasteiger partial charge in [-0.05, 0) is 49.4 Å². The van der Waals surface area contributed by atoms with Crippen LogP contribution in [0.25, 0.3) is 0 Å². The number of imide groups is 1. The van der Waals surface area contributed by atoms with Crippen molar-refractivity contribution >= 4 is 41.1 Å². The van der Waals surface area contributed by atoms with Crippen LogP contribution < -0.4 is 10.2 Å². The molecule has 0 unspecified atom stereocenters. The molecule has 8 nitrogen and oxygen atoms in total. The molecule has 3 aliphatic rings. The van der Waals surface area contributed by atoms with Gasteiger partial charge >= 0.3 is 0 Å². The lowest BCUT2D eigenvalue weighted by Crippen LogP contribution is -2.47. The number of amides is 3. The van der Waals surface area contributed by atoms with Crippen molar-refractivity contribution in [2.45, 2.75) is 19.0 Å². The fourth-order valence-corrected chi connectivity index (χ4v) is 4.67. The number of Topliss-reactive ketones (excluding diaryl/α,β-unsaturated/α-hetero) is 1. The number of hydrogen-bond acceptors (Lipinski definition) is 6. The maximum absolute atomic E-state index is 13.5. The van der Waals surface area contributed by atoms with Crippen molar-refractivity contribution in [3.05, 3.63) is 72.3 Å². The highest BCUT2D eigenvalue weighted by Crippen LogP contribution is 2.45. The summed E-state index contributed by atoms with van der Waals surface area (Å²) in [5, 5.41) is 8.71. The van der Waals surface area contributed by atoms with E-state index >= 15 is 0 Å². The SMILES string of the molecule is CC(=O)c1ccc(N2C(=O)[C@@H]3[C@H](C2=O)[C@H]2C=CC=NN2[C@@H]3C(=O)Nc2ccccc2)cc1. The van der Waals surface area contributed by atoms with Crippen molar-refractivity contribution in [3.63, 3.8) is 0 Å². The van der Waals surface area contributed by atoms with Crippen LogP contribution in [0.3, 0.4) is 0 Å². The molecule has 32 heavy (non-hydrogen) atoms. The van der Waals surface area contributed by atoms with Crippen LogP contribution >= 0.6 is 0 Å². The highest BCUT2D eigenvalue weighted by atomic mass is 16.2. The average molecular weight is 428 g/mol. The number of benzene rings is 2. The van der Waals surface area contributed by atoms with Gasteiger partial charge in [0.1, 0.15) is 6.04 Å². The predicted octanol–water partition coefficient (Wildman–Crippen LogP) is 2.24. The van der Waals surface area contributed by atoms with Crippen LogP contribution in [0, 0.1) is 11.8 Å². The van der Waals surface area contributed by atoms with E-state index in [2.05, 4.69) is 10.4 Å². The summed E-state index contributed by atoms with van der Waals surface area (Å²) in [6, 6.07) is 13.9. The van der Waals surface area contributed by atoms with E-state index in [0.29, 0.717) is 16.9 Å². The molecule has 0 spiro atoms. The largest absolute Gasteiger partial charge is 0.324 e. The van der Waals surface area contributed by atoms with Crippen molar-refractivity contribution in [2.24, 2.45) is 16.9 Å². The molecule has 0 saturated carbocycles.